The average molecular weight is 651 g/mol. The molecule has 0 atom stereocenters. The van der Waals surface area contributed by atoms with Crippen molar-refractivity contribution in [1.29, 1.82) is 0 Å². The number of carbonyl (C=O) groups is 1. The molecule has 0 saturated carbocycles. The Hall–Kier alpha value is -2.62. The number of benzene rings is 3. The van der Waals surface area contributed by atoms with Crippen molar-refractivity contribution in [3.63, 3.8) is 0 Å². The molecule has 6 nitrogen and oxygen atoms in total. The third-order valence-electron chi connectivity index (χ3n) is 4.71. The van der Waals surface area contributed by atoms with Crippen molar-refractivity contribution in [2.24, 2.45) is 5.10 Å². The summed E-state index contributed by atoms with van der Waals surface area (Å²) < 4.78 is 20.0. The third kappa shape index (κ3) is 6.08. The lowest BCUT2D eigenvalue weighted by atomic mass is 10.2. The third-order valence-corrected chi connectivity index (χ3v) is 6.32. The van der Waals surface area contributed by atoms with Crippen LogP contribution in [-0.4, -0.2) is 18.7 Å². The Morgan fingerprint density at radius 1 is 1.00 bits per heavy atom. The number of nitrogens with zero attached hydrogens (tertiary/aromatic N) is 1. The summed E-state index contributed by atoms with van der Waals surface area (Å²) >= 11 is 10.4. The number of ether oxygens (including phenoxy) is 2. The second kappa shape index (κ2) is 11.2. The molecule has 0 bridgehead atoms. The lowest BCUT2D eigenvalue weighted by Gasteiger charge is -2.14. The van der Waals surface area contributed by atoms with E-state index < -0.39 is 5.91 Å². The molecule has 0 aliphatic carbocycles. The van der Waals surface area contributed by atoms with Gasteiger partial charge >= 0.3 is 5.91 Å². The highest BCUT2D eigenvalue weighted by Crippen LogP contribution is 2.37. The molecule has 174 valence electrons. The van der Waals surface area contributed by atoms with E-state index in [4.69, 9.17) is 13.9 Å². The fraction of sp³-hybridized carbons (Fsp3) is 0.120. The average Bonchev–Trinajstić information content (AvgIpc) is 3.23. The second-order valence-electron chi connectivity index (χ2n) is 7.17. The van der Waals surface area contributed by atoms with Crippen LogP contribution in [0, 0.1) is 0 Å². The Bertz CT molecular complexity index is 1350. The first-order valence-electron chi connectivity index (χ1n) is 10.3. The Morgan fingerprint density at radius 3 is 2.53 bits per heavy atom. The molecule has 34 heavy (non-hydrogen) atoms. The van der Waals surface area contributed by atoms with Crippen LogP contribution >= 0.6 is 47.8 Å². The van der Waals surface area contributed by atoms with Crippen molar-refractivity contribution in [3.05, 3.63) is 91.0 Å². The maximum atomic E-state index is 12.4. The summed E-state index contributed by atoms with van der Waals surface area (Å²) in [6.45, 7) is 2.77. The van der Waals surface area contributed by atoms with Crippen LogP contribution in [0.5, 0.6) is 11.5 Å². The highest BCUT2D eigenvalue weighted by atomic mass is 79.9. The van der Waals surface area contributed by atoms with Crippen molar-refractivity contribution in [2.75, 3.05) is 6.61 Å². The zero-order valence-electron chi connectivity index (χ0n) is 18.0. The molecule has 3 aromatic carbocycles. The van der Waals surface area contributed by atoms with Crippen molar-refractivity contribution in [1.82, 2.24) is 5.43 Å². The molecule has 1 N–H and O–H groups in total. The molecule has 0 spiro atoms. The molecule has 1 aromatic heterocycles. The number of hydrogen-bond donors (Lipinski definition) is 1. The fourth-order valence-electron chi connectivity index (χ4n) is 3.15. The Balaban J connectivity index is 1.46. The van der Waals surface area contributed by atoms with Gasteiger partial charge in [-0.2, -0.15) is 5.10 Å². The van der Waals surface area contributed by atoms with Crippen LogP contribution in [-0.2, 0) is 6.61 Å². The van der Waals surface area contributed by atoms with Crippen LogP contribution in [0.4, 0.5) is 0 Å². The molecule has 1 amide bonds. The molecule has 1 heterocycles. The monoisotopic (exact) mass is 648 g/mol. The van der Waals surface area contributed by atoms with E-state index in [1.54, 1.807) is 18.2 Å². The van der Waals surface area contributed by atoms with Gasteiger partial charge in [-0.1, -0.05) is 44.0 Å². The highest BCUT2D eigenvalue weighted by molar-refractivity contribution is 9.11. The summed E-state index contributed by atoms with van der Waals surface area (Å²) in [5.74, 6) is 0.907. The molecule has 0 unspecified atom stereocenters. The predicted octanol–water partition coefficient (Wildman–Crippen LogP) is 7.46. The number of nitrogens with one attached hydrogen (secondary N) is 1. The lowest BCUT2D eigenvalue weighted by molar-refractivity contribution is 0.0929. The van der Waals surface area contributed by atoms with E-state index in [0.717, 1.165) is 25.5 Å². The van der Waals surface area contributed by atoms with Crippen molar-refractivity contribution >= 4 is 70.9 Å². The molecular formula is C25H19Br3N2O4. The van der Waals surface area contributed by atoms with Gasteiger partial charge in [0.15, 0.2) is 17.3 Å². The topological polar surface area (TPSA) is 73.1 Å². The van der Waals surface area contributed by atoms with Gasteiger partial charge in [0.25, 0.3) is 0 Å². The fourth-order valence-corrected chi connectivity index (χ4v) is 4.37. The number of halogens is 3. The first-order valence-corrected chi connectivity index (χ1v) is 12.7. The molecule has 9 heteroatoms. The number of hydrazone groups is 1. The van der Waals surface area contributed by atoms with Crippen LogP contribution in [0.2, 0.25) is 0 Å². The molecule has 0 radical (unpaired) electrons. The molecule has 0 fully saturated rings. The molecule has 4 rings (SSSR count). The first-order chi connectivity index (χ1) is 16.4. The number of amides is 1. The van der Waals surface area contributed by atoms with Gasteiger partial charge in [0, 0.05) is 14.3 Å². The number of carbonyl (C=O) groups excluding carboxylic acids is 1. The Labute approximate surface area is 221 Å². The van der Waals surface area contributed by atoms with E-state index >= 15 is 0 Å². The van der Waals surface area contributed by atoms with E-state index in [0.29, 0.717) is 34.8 Å². The maximum absolute atomic E-state index is 12.4. The summed E-state index contributed by atoms with van der Waals surface area (Å²) in [6.07, 6.45) is 1.53. The van der Waals surface area contributed by atoms with E-state index in [-0.39, 0.29) is 5.76 Å². The van der Waals surface area contributed by atoms with Crippen molar-refractivity contribution in [3.8, 4) is 11.5 Å². The smallest absolute Gasteiger partial charge is 0.307 e. The summed E-state index contributed by atoms with van der Waals surface area (Å²) in [5.41, 5.74) is 4.87. The molecule has 0 saturated heterocycles. The molecule has 0 aliphatic heterocycles. The predicted molar refractivity (Wildman–Crippen MR) is 143 cm³/mol. The lowest BCUT2D eigenvalue weighted by Crippen LogP contribution is -2.16. The summed E-state index contributed by atoms with van der Waals surface area (Å²) in [4.78, 5) is 12.4. The summed E-state index contributed by atoms with van der Waals surface area (Å²) in [6, 6.07) is 18.8. The Kier molecular flexibility index (Phi) is 8.07. The minimum atomic E-state index is -0.442. The van der Waals surface area contributed by atoms with Crippen LogP contribution in [0.1, 0.15) is 28.6 Å². The highest BCUT2D eigenvalue weighted by Gasteiger charge is 2.14. The number of hydrogen-bond acceptors (Lipinski definition) is 5. The minimum Gasteiger partial charge on any atom is -0.490 e. The van der Waals surface area contributed by atoms with Crippen LogP contribution < -0.4 is 14.9 Å². The van der Waals surface area contributed by atoms with Gasteiger partial charge in [-0.25, -0.2) is 5.43 Å². The van der Waals surface area contributed by atoms with Gasteiger partial charge in [-0.3, -0.25) is 4.79 Å². The molecule has 4 aromatic rings. The number of fused-ring (bicyclic) bond motifs is 1. The van der Waals surface area contributed by atoms with Gasteiger partial charge in [-0.15, -0.1) is 0 Å². The molecular weight excluding hydrogens is 632 g/mol. The van der Waals surface area contributed by atoms with Gasteiger partial charge in [0.2, 0.25) is 0 Å². The normalized spacial score (nSPS) is 11.2. The standard InChI is InChI=1S/C25H19Br3N2O4/c1-2-32-22-10-16(9-20(28)24(22)33-14-15-3-5-18(26)6-4-15)13-29-30-25(31)23-12-17-11-19(27)7-8-21(17)34-23/h3-13H,2,14H2,1H3,(H,30,31)/b29-13+. The largest absolute Gasteiger partial charge is 0.490 e. The van der Waals surface area contributed by atoms with Crippen molar-refractivity contribution in [2.45, 2.75) is 13.5 Å². The van der Waals surface area contributed by atoms with Crippen LogP contribution in [0.15, 0.2) is 83.6 Å². The van der Waals surface area contributed by atoms with Gasteiger partial charge in [0.1, 0.15) is 12.2 Å². The van der Waals surface area contributed by atoms with Crippen LogP contribution in [0.3, 0.4) is 0 Å². The quantitative estimate of drug-likeness (QED) is 0.159. The maximum Gasteiger partial charge on any atom is 0.307 e. The zero-order chi connectivity index (χ0) is 24.1. The van der Waals surface area contributed by atoms with E-state index in [2.05, 4.69) is 58.3 Å². The van der Waals surface area contributed by atoms with Gasteiger partial charge < -0.3 is 13.9 Å². The zero-order valence-corrected chi connectivity index (χ0v) is 22.7. The van der Waals surface area contributed by atoms with Gasteiger partial charge in [0.05, 0.1) is 17.3 Å². The molecule has 0 aliphatic rings. The van der Waals surface area contributed by atoms with E-state index in [1.807, 2.05) is 49.4 Å². The second-order valence-corrected chi connectivity index (χ2v) is 9.86. The number of rotatable bonds is 8. The van der Waals surface area contributed by atoms with Gasteiger partial charge in [-0.05, 0) is 82.5 Å². The van der Waals surface area contributed by atoms with E-state index in [9.17, 15) is 4.79 Å². The Morgan fingerprint density at radius 2 is 1.76 bits per heavy atom. The van der Waals surface area contributed by atoms with E-state index in [1.165, 1.54) is 6.21 Å². The summed E-state index contributed by atoms with van der Waals surface area (Å²) in [5, 5.41) is 4.89. The first kappa shape index (κ1) is 24.5. The number of furan rings is 1. The van der Waals surface area contributed by atoms with Crippen LogP contribution in [0.25, 0.3) is 11.0 Å². The van der Waals surface area contributed by atoms with Crippen molar-refractivity contribution < 1.29 is 18.7 Å². The minimum absolute atomic E-state index is 0.179. The SMILES string of the molecule is CCOc1cc(/C=N/NC(=O)c2cc3cc(Br)ccc3o2)cc(Br)c1OCc1ccc(Br)cc1. The summed E-state index contributed by atoms with van der Waals surface area (Å²) in [7, 11) is 0.